The lowest BCUT2D eigenvalue weighted by Gasteiger charge is -2.27. The number of nitrogen functional groups attached to an aromatic ring is 5. The number of anilines is 10. The smallest absolute Gasteiger partial charge is 0.409 e. The summed E-state index contributed by atoms with van der Waals surface area (Å²) in [5, 5.41) is 9.97. The first kappa shape index (κ1) is 106. The number of sulfone groups is 1. The number of amides is 5. The molecule has 6 aliphatic rings. The fourth-order valence-electron chi connectivity index (χ4n) is 16.9. The van der Waals surface area contributed by atoms with Gasteiger partial charge in [0.05, 0.1) is 40.5 Å². The van der Waals surface area contributed by atoms with Crippen molar-refractivity contribution in [2.24, 2.45) is 0 Å². The van der Waals surface area contributed by atoms with Crippen LogP contribution < -0.4 is 53.2 Å². The molecule has 0 aromatic carbocycles. The Balaban J connectivity index is 0.000000159. The summed E-state index contributed by atoms with van der Waals surface area (Å²) in [4.78, 5) is 189. The van der Waals surface area contributed by atoms with Crippen LogP contribution in [0.2, 0.25) is 0 Å². The van der Waals surface area contributed by atoms with E-state index in [1.165, 1.54) is 26.2 Å². The van der Waals surface area contributed by atoms with E-state index in [1.807, 2.05) is 70.0 Å². The maximum Gasteiger partial charge on any atom is 0.409 e. The van der Waals surface area contributed by atoms with Gasteiger partial charge in [-0.05, 0) is 194 Å². The number of nitrogens with zero attached hydrogens (tertiary/aromatic N) is 21. The molecule has 142 heavy (non-hydrogen) atoms. The number of likely N-dealkylation sites (N-methyl/N-ethyl adjacent to an activating group) is 1. The lowest BCUT2D eigenvalue weighted by atomic mass is 10.1. The van der Waals surface area contributed by atoms with E-state index >= 15 is 0 Å². The maximum atomic E-state index is 12.9. The topological polar surface area (TPSA) is 538 Å². The van der Waals surface area contributed by atoms with Gasteiger partial charge in [0.15, 0.2) is 9.84 Å². The van der Waals surface area contributed by atoms with Gasteiger partial charge in [-0.1, -0.05) is 37.3 Å². The van der Waals surface area contributed by atoms with E-state index in [-0.39, 0.29) is 100 Å². The highest BCUT2D eigenvalue weighted by Crippen LogP contribution is 2.28. The lowest BCUT2D eigenvalue weighted by Crippen LogP contribution is -2.46. The van der Waals surface area contributed by atoms with Gasteiger partial charge >= 0.3 is 6.09 Å². The molecular formula is C100H124N26O15S. The second-order valence-electron chi connectivity index (χ2n) is 35.0. The van der Waals surface area contributed by atoms with E-state index < -0.39 is 27.1 Å². The third-order valence-electron chi connectivity index (χ3n) is 24.4. The summed E-state index contributed by atoms with van der Waals surface area (Å²) in [6, 6.07) is 43.2. The first-order chi connectivity index (χ1) is 68.2. The largest absolute Gasteiger partial charge is 0.447 e. The molecule has 16 heterocycles. The first-order valence-corrected chi connectivity index (χ1v) is 49.3. The van der Waals surface area contributed by atoms with Crippen LogP contribution in [0.1, 0.15) is 152 Å². The number of methoxy groups -OCH3 is 1. The minimum atomic E-state index is -3.37. The molecule has 10 aromatic heterocycles. The Morgan fingerprint density at radius 3 is 0.944 bits per heavy atom. The number of carbonyl (C=O) groups excluding carboxylic acids is 10. The van der Waals surface area contributed by atoms with Gasteiger partial charge in [-0.2, -0.15) is 0 Å². The number of rotatable bonds is 23. The summed E-state index contributed by atoms with van der Waals surface area (Å²) in [7, 11) is 0.225. The fourth-order valence-corrected chi connectivity index (χ4v) is 17.5. The Morgan fingerprint density at radius 2 is 0.655 bits per heavy atom. The Morgan fingerprint density at radius 1 is 0.366 bits per heavy atom. The van der Waals surface area contributed by atoms with Crippen LogP contribution in [0.3, 0.4) is 0 Å². The summed E-state index contributed by atoms with van der Waals surface area (Å²) in [6.07, 6.45) is 14.9. The number of ketones is 5. The zero-order valence-corrected chi connectivity index (χ0v) is 81.7. The van der Waals surface area contributed by atoms with Crippen LogP contribution in [0.15, 0.2) is 183 Å². The maximum absolute atomic E-state index is 12.9. The fraction of sp³-hybridized carbons (Fsp3) is 0.400. The quantitative estimate of drug-likeness (QED) is 0.0306. The standard InChI is InChI=1S/C22H28N6O2.C20H25N5O4.C20H25N5O3.C19H23N5O4S.C19H23N5O2/c1-26-11-4-8-18(26)22(30)28-13-5-12-27(14-15-28)19-9-2-7-17(25-19)20(29)16-6-3-10-24-21(16)23;1-28-13-14-29-20(27)25-10-4-9-24(11-12-25)17-7-2-6-16(23-17)18(26)15-5-3-8-22-19(15)21;1-20(2,28)19(27)25-11-5-10-24(12-13-25)16-8-3-7-15(23-16)17(26)14-6-4-9-22-18(14)21;1-29(27,28)13-17(25)24-10-4-9-23(11-12-24)16-7-2-6-15(22-16)18(26)14-5-3-8-21-19(14)20;1-2-17(25)24-11-5-10-23(12-13-24)16-8-3-7-15(22-16)18(26)14-6-4-9-21-19(14)20/h2-3,6-7,9-10,18H,4-5,8,11-15H2,1H3,(H2,23,24);2-3,5-8H,4,9-14H2,1H3,(H2,21,22);3-4,6-9,28H,5,10-13H2,1-2H3,(H2,21,22);2-3,5-8H,4,9-13H2,1H3,(H2,20,21);3-4,6-9H,2,5,10-13H2,1H3,(H2,20,21). The molecule has 10 aromatic rings. The molecular weight excluding hydrogens is 1840 g/mol. The number of aromatic nitrogens is 10. The van der Waals surface area contributed by atoms with Crippen molar-refractivity contribution in [3.63, 3.8) is 0 Å². The van der Waals surface area contributed by atoms with Gasteiger partial charge in [0.1, 0.15) is 105 Å². The third-order valence-corrected chi connectivity index (χ3v) is 25.2. The number of nitrogens with two attached hydrogens (primary N) is 5. The number of pyridine rings is 10. The number of likely N-dealkylation sites (tertiary alicyclic amines) is 1. The van der Waals surface area contributed by atoms with Crippen LogP contribution in [0.5, 0.6) is 0 Å². The summed E-state index contributed by atoms with van der Waals surface area (Å²) in [5.74, 6) is 2.31. The van der Waals surface area contributed by atoms with Crippen molar-refractivity contribution < 1.29 is 70.9 Å². The van der Waals surface area contributed by atoms with Crippen molar-refractivity contribution in [1.82, 2.24) is 79.2 Å². The molecule has 0 saturated carbocycles. The predicted molar refractivity (Wildman–Crippen MR) is 539 cm³/mol. The molecule has 5 amide bonds. The Kier molecular flexibility index (Phi) is 37.7. The highest BCUT2D eigenvalue weighted by Gasteiger charge is 2.36. The van der Waals surface area contributed by atoms with Crippen LogP contribution in [0.25, 0.3) is 0 Å². The predicted octanol–water partition coefficient (Wildman–Crippen LogP) is 6.22. The van der Waals surface area contributed by atoms with Gasteiger partial charge in [-0.25, -0.2) is 63.1 Å². The molecule has 42 heteroatoms. The molecule has 11 N–H and O–H groups in total. The second-order valence-corrected chi connectivity index (χ2v) is 37.2. The number of hydrogen-bond donors (Lipinski definition) is 6. The van der Waals surface area contributed by atoms with Gasteiger partial charge in [0.2, 0.25) is 46.6 Å². The molecule has 1 atom stereocenters. The molecule has 16 rings (SSSR count). The molecule has 0 radical (unpaired) electrons. The van der Waals surface area contributed by atoms with Gasteiger partial charge < -0.3 is 92.2 Å². The molecule has 750 valence electrons. The normalized spacial score (nSPS) is 16.0. The number of carbonyl (C=O) groups is 10. The molecule has 0 spiro atoms. The van der Waals surface area contributed by atoms with Crippen molar-refractivity contribution in [2.45, 2.75) is 83.8 Å². The van der Waals surface area contributed by atoms with Crippen molar-refractivity contribution in [2.75, 3.05) is 230 Å². The summed E-state index contributed by atoms with van der Waals surface area (Å²) in [5.41, 5.74) is 30.9. The lowest BCUT2D eigenvalue weighted by molar-refractivity contribution is -0.147. The van der Waals surface area contributed by atoms with E-state index in [4.69, 9.17) is 38.1 Å². The molecule has 1 unspecified atom stereocenters. The van der Waals surface area contributed by atoms with Crippen LogP contribution >= 0.6 is 0 Å². The third kappa shape index (κ3) is 29.0. The summed E-state index contributed by atoms with van der Waals surface area (Å²) < 4.78 is 32.9. The molecule has 0 bridgehead atoms. The van der Waals surface area contributed by atoms with E-state index in [1.54, 1.807) is 156 Å². The summed E-state index contributed by atoms with van der Waals surface area (Å²) in [6.45, 7) is 19.1. The molecule has 6 fully saturated rings. The van der Waals surface area contributed by atoms with Gasteiger partial charge in [-0.3, -0.25) is 48.1 Å². The van der Waals surface area contributed by atoms with E-state index in [0.29, 0.717) is 186 Å². The molecule has 6 saturated heterocycles. The average Bonchev–Trinajstić information content (AvgIpc) is 1.29. The van der Waals surface area contributed by atoms with Crippen molar-refractivity contribution in [1.29, 1.82) is 0 Å². The number of hydrogen-bond acceptors (Lipinski definition) is 36. The van der Waals surface area contributed by atoms with E-state index in [9.17, 15) is 61.5 Å². The zero-order valence-electron chi connectivity index (χ0n) is 80.9. The van der Waals surface area contributed by atoms with Crippen molar-refractivity contribution in [3.05, 3.63) is 239 Å². The van der Waals surface area contributed by atoms with Gasteiger partial charge in [0, 0.05) is 182 Å². The Labute approximate surface area is 825 Å². The van der Waals surface area contributed by atoms with Gasteiger partial charge in [0.25, 0.3) is 5.91 Å². The zero-order chi connectivity index (χ0) is 102. The number of aliphatic hydroxyl groups is 1. The van der Waals surface area contributed by atoms with Crippen molar-refractivity contribution >= 4 is 127 Å². The highest BCUT2D eigenvalue weighted by molar-refractivity contribution is 7.91. The Bertz CT molecular complexity index is 6220. The molecule has 6 aliphatic heterocycles. The van der Waals surface area contributed by atoms with Gasteiger partial charge in [-0.15, -0.1) is 0 Å². The molecule has 41 nitrogen and oxygen atoms in total. The summed E-state index contributed by atoms with van der Waals surface area (Å²) >= 11 is 0. The van der Waals surface area contributed by atoms with Crippen LogP contribution in [0, 0.1) is 0 Å². The minimum Gasteiger partial charge on any atom is -0.447 e. The van der Waals surface area contributed by atoms with Crippen LogP contribution in [-0.4, -0.2) is 340 Å². The Hall–Kier alpha value is -15.2. The monoisotopic (exact) mass is 1960 g/mol. The van der Waals surface area contributed by atoms with E-state index in [0.717, 1.165) is 95.7 Å². The second kappa shape index (κ2) is 50.6. The minimum absolute atomic E-state index is 0.0144. The highest BCUT2D eigenvalue weighted by atomic mass is 32.2. The average molecular weight is 1960 g/mol. The SMILES string of the molecule is CC(C)(O)C(=O)N1CCCN(c2cccc(C(=O)c3cccnc3N)n2)CC1.CCC(=O)N1CCCN(c2cccc(C(=O)c3cccnc3N)n2)CC1.CN1CCCC1C(=O)N1CCCN(c2cccc(C(=O)c3cccnc3N)n2)CC1.COCCOC(=O)N1CCCN(c2cccc(C(=O)c3cccnc3N)n2)CC1.CS(=O)(=O)CC(=O)N1CCCN(c2cccc(C(=O)c3cccnc3N)n2)CC1. The van der Waals surface area contributed by atoms with Crippen LogP contribution in [-0.2, 0) is 38.5 Å². The van der Waals surface area contributed by atoms with E-state index in [2.05, 4.69) is 69.4 Å². The number of ether oxygens (including phenoxy) is 2. The first-order valence-electron chi connectivity index (χ1n) is 47.3. The molecule has 0 aliphatic carbocycles. The van der Waals surface area contributed by atoms with Crippen LogP contribution in [0.4, 0.5) is 63.0 Å². The van der Waals surface area contributed by atoms with Crippen molar-refractivity contribution in [3.8, 4) is 0 Å².